The standard InChI is InChI=1S/C17H11Cl3N2O2.ClH/c18-12-4-1-10(2-5-12)15-8-16(17(23)24)22(21-15)9-11-3-6-13(19)7-14(11)20;/h1-8H,9H2,(H,23,24);1H. The molecule has 0 aliphatic heterocycles. The number of aromatic nitrogens is 2. The molecule has 0 amide bonds. The van der Waals surface area contributed by atoms with E-state index in [1.165, 1.54) is 10.7 Å². The van der Waals surface area contributed by atoms with Crippen LogP contribution in [-0.4, -0.2) is 20.9 Å². The summed E-state index contributed by atoms with van der Waals surface area (Å²) >= 11 is 17.9. The summed E-state index contributed by atoms with van der Waals surface area (Å²) in [5.41, 5.74) is 2.14. The highest BCUT2D eigenvalue weighted by atomic mass is 35.5. The van der Waals surface area contributed by atoms with Gasteiger partial charge in [-0.05, 0) is 35.9 Å². The van der Waals surface area contributed by atoms with Crippen LogP contribution in [0.3, 0.4) is 0 Å². The molecule has 0 fully saturated rings. The van der Waals surface area contributed by atoms with Crippen LogP contribution in [0.5, 0.6) is 0 Å². The second-order valence-electron chi connectivity index (χ2n) is 5.12. The highest BCUT2D eigenvalue weighted by Crippen LogP contribution is 2.25. The Bertz CT molecular complexity index is 908. The van der Waals surface area contributed by atoms with Crippen molar-refractivity contribution in [2.24, 2.45) is 0 Å². The fraction of sp³-hybridized carbons (Fsp3) is 0.0588. The zero-order valence-corrected chi connectivity index (χ0v) is 15.7. The molecule has 4 nitrogen and oxygen atoms in total. The molecule has 0 saturated heterocycles. The molecule has 0 atom stereocenters. The quantitative estimate of drug-likeness (QED) is 0.594. The molecule has 0 aliphatic rings. The van der Waals surface area contributed by atoms with Crippen molar-refractivity contribution in [3.63, 3.8) is 0 Å². The van der Waals surface area contributed by atoms with Gasteiger partial charge in [0.05, 0.1) is 12.2 Å². The summed E-state index contributed by atoms with van der Waals surface area (Å²) in [7, 11) is 0. The first-order valence-corrected chi connectivity index (χ1v) is 8.08. The number of carboxylic acids is 1. The van der Waals surface area contributed by atoms with Crippen LogP contribution < -0.4 is 0 Å². The number of carbonyl (C=O) groups is 1. The molecule has 0 unspecified atom stereocenters. The van der Waals surface area contributed by atoms with Crippen molar-refractivity contribution in [3.05, 3.63) is 74.9 Å². The van der Waals surface area contributed by atoms with Gasteiger partial charge in [0, 0.05) is 20.6 Å². The monoisotopic (exact) mass is 416 g/mol. The Labute approximate surface area is 165 Å². The average molecular weight is 418 g/mol. The predicted octanol–water partition coefficient (Wildman–Crippen LogP) is 5.68. The molecule has 1 aromatic heterocycles. The highest BCUT2D eigenvalue weighted by Gasteiger charge is 2.16. The van der Waals surface area contributed by atoms with Crippen LogP contribution in [0.15, 0.2) is 48.5 Å². The van der Waals surface area contributed by atoms with Gasteiger partial charge >= 0.3 is 5.97 Å². The van der Waals surface area contributed by atoms with E-state index in [-0.39, 0.29) is 24.6 Å². The van der Waals surface area contributed by atoms with E-state index in [1.807, 2.05) is 0 Å². The summed E-state index contributed by atoms with van der Waals surface area (Å²) in [6.45, 7) is 0.227. The van der Waals surface area contributed by atoms with Gasteiger partial charge in [-0.15, -0.1) is 12.4 Å². The van der Waals surface area contributed by atoms with Crippen LogP contribution in [0.25, 0.3) is 11.3 Å². The molecule has 3 rings (SSSR count). The van der Waals surface area contributed by atoms with Gasteiger partial charge in [-0.1, -0.05) is 53.0 Å². The molecular formula is C17H12Cl4N2O2. The maximum Gasteiger partial charge on any atom is 0.354 e. The summed E-state index contributed by atoms with van der Waals surface area (Å²) < 4.78 is 1.40. The van der Waals surface area contributed by atoms with Crippen LogP contribution >= 0.6 is 47.2 Å². The molecule has 0 aliphatic carbocycles. The number of aromatic carboxylic acids is 1. The van der Waals surface area contributed by atoms with E-state index in [4.69, 9.17) is 34.8 Å². The van der Waals surface area contributed by atoms with Gasteiger partial charge in [0.1, 0.15) is 5.69 Å². The normalized spacial score (nSPS) is 10.4. The van der Waals surface area contributed by atoms with Gasteiger partial charge in [-0.2, -0.15) is 5.10 Å². The van der Waals surface area contributed by atoms with E-state index in [9.17, 15) is 9.90 Å². The predicted molar refractivity (Wildman–Crippen MR) is 102 cm³/mol. The largest absolute Gasteiger partial charge is 0.477 e. The molecule has 8 heteroatoms. The summed E-state index contributed by atoms with van der Waals surface area (Å²) in [6.07, 6.45) is 0. The van der Waals surface area contributed by atoms with Crippen molar-refractivity contribution in [2.45, 2.75) is 6.54 Å². The molecule has 0 bridgehead atoms. The minimum Gasteiger partial charge on any atom is -0.477 e. The first kappa shape index (κ1) is 19.6. The van der Waals surface area contributed by atoms with Crippen LogP contribution in [0.1, 0.15) is 16.1 Å². The Morgan fingerprint density at radius 3 is 2.24 bits per heavy atom. The molecule has 25 heavy (non-hydrogen) atoms. The highest BCUT2D eigenvalue weighted by molar-refractivity contribution is 6.35. The lowest BCUT2D eigenvalue weighted by Gasteiger charge is -2.07. The summed E-state index contributed by atoms with van der Waals surface area (Å²) in [5, 5.41) is 15.4. The third kappa shape index (κ3) is 4.47. The molecule has 1 heterocycles. The van der Waals surface area contributed by atoms with Gasteiger partial charge < -0.3 is 5.11 Å². The van der Waals surface area contributed by atoms with E-state index < -0.39 is 5.97 Å². The zero-order valence-electron chi connectivity index (χ0n) is 12.6. The number of hydrogen-bond donors (Lipinski definition) is 1. The second-order valence-corrected chi connectivity index (χ2v) is 6.40. The Morgan fingerprint density at radius 2 is 1.64 bits per heavy atom. The smallest absolute Gasteiger partial charge is 0.354 e. The zero-order chi connectivity index (χ0) is 17.3. The number of hydrogen-bond acceptors (Lipinski definition) is 2. The SMILES string of the molecule is Cl.O=C(O)c1cc(-c2ccc(Cl)cc2)nn1Cc1ccc(Cl)cc1Cl. The Kier molecular flexibility index (Phi) is 6.36. The van der Waals surface area contributed by atoms with E-state index in [0.717, 1.165) is 11.1 Å². The Balaban J connectivity index is 0.00000225. The van der Waals surface area contributed by atoms with Crippen LogP contribution in [0.4, 0.5) is 0 Å². The third-order valence-electron chi connectivity index (χ3n) is 3.47. The lowest BCUT2D eigenvalue weighted by atomic mass is 10.1. The van der Waals surface area contributed by atoms with Crippen molar-refractivity contribution in [3.8, 4) is 11.3 Å². The number of rotatable bonds is 4. The van der Waals surface area contributed by atoms with E-state index >= 15 is 0 Å². The topological polar surface area (TPSA) is 55.1 Å². The second kappa shape index (κ2) is 8.11. The molecule has 130 valence electrons. The van der Waals surface area contributed by atoms with Crippen LogP contribution in [-0.2, 0) is 6.54 Å². The van der Waals surface area contributed by atoms with Crippen molar-refractivity contribution < 1.29 is 9.90 Å². The third-order valence-corrected chi connectivity index (χ3v) is 4.31. The van der Waals surface area contributed by atoms with Crippen LogP contribution in [0.2, 0.25) is 15.1 Å². The lowest BCUT2D eigenvalue weighted by Crippen LogP contribution is -2.11. The first-order chi connectivity index (χ1) is 11.4. The summed E-state index contributed by atoms with van der Waals surface area (Å²) in [5.74, 6) is -1.06. The number of halogens is 4. The van der Waals surface area contributed by atoms with Gasteiger partial charge in [0.2, 0.25) is 0 Å². The average Bonchev–Trinajstić information content (AvgIpc) is 2.95. The van der Waals surface area contributed by atoms with Crippen molar-refractivity contribution in [1.82, 2.24) is 9.78 Å². The van der Waals surface area contributed by atoms with Gasteiger partial charge in [0.15, 0.2) is 0 Å². The summed E-state index contributed by atoms with van der Waals surface area (Å²) in [6, 6.07) is 13.6. The van der Waals surface area contributed by atoms with Crippen molar-refractivity contribution in [2.75, 3.05) is 0 Å². The number of nitrogens with zero attached hydrogens (tertiary/aromatic N) is 2. The Hall–Kier alpha value is -1.72. The lowest BCUT2D eigenvalue weighted by molar-refractivity contribution is 0.0684. The minimum atomic E-state index is -1.06. The molecule has 0 saturated carbocycles. The van der Waals surface area contributed by atoms with E-state index in [2.05, 4.69) is 5.10 Å². The fourth-order valence-corrected chi connectivity index (χ4v) is 2.88. The van der Waals surface area contributed by atoms with E-state index in [1.54, 1.807) is 42.5 Å². The molecule has 0 spiro atoms. The number of carboxylic acid groups (broad SMARTS) is 1. The maximum absolute atomic E-state index is 11.5. The molecular weight excluding hydrogens is 406 g/mol. The Morgan fingerprint density at radius 1 is 1.00 bits per heavy atom. The maximum atomic E-state index is 11.5. The summed E-state index contributed by atoms with van der Waals surface area (Å²) in [4.78, 5) is 11.5. The minimum absolute atomic E-state index is 0. The van der Waals surface area contributed by atoms with Crippen molar-refractivity contribution in [1.29, 1.82) is 0 Å². The molecule has 0 radical (unpaired) electrons. The van der Waals surface area contributed by atoms with Gasteiger partial charge in [0.25, 0.3) is 0 Å². The van der Waals surface area contributed by atoms with Gasteiger partial charge in [-0.3, -0.25) is 4.68 Å². The van der Waals surface area contributed by atoms with Crippen LogP contribution in [0, 0.1) is 0 Å². The number of benzene rings is 2. The van der Waals surface area contributed by atoms with Gasteiger partial charge in [-0.25, -0.2) is 4.79 Å². The first-order valence-electron chi connectivity index (χ1n) is 6.95. The van der Waals surface area contributed by atoms with E-state index in [0.29, 0.717) is 20.8 Å². The molecule has 1 N–H and O–H groups in total. The van der Waals surface area contributed by atoms with Crippen molar-refractivity contribution >= 4 is 53.2 Å². The molecule has 3 aromatic rings. The molecule has 2 aromatic carbocycles. The fourth-order valence-electron chi connectivity index (χ4n) is 2.28.